The van der Waals surface area contributed by atoms with Crippen LogP contribution in [0.25, 0.3) is 11.1 Å². The van der Waals surface area contributed by atoms with E-state index in [2.05, 4.69) is 30.6 Å². The molecule has 2 aromatic carbocycles. The molecule has 0 bridgehead atoms. The van der Waals surface area contributed by atoms with E-state index in [4.69, 9.17) is 9.57 Å². The van der Waals surface area contributed by atoms with Gasteiger partial charge in [-0.15, -0.1) is 0 Å². The molecule has 202 valence electrons. The number of methoxy groups -OCH3 is 1. The van der Waals surface area contributed by atoms with Crippen molar-refractivity contribution < 1.29 is 19.5 Å². The Morgan fingerprint density at radius 1 is 1.27 bits per heavy atom. The number of para-hydroxylation sites is 1. The lowest BCUT2D eigenvalue weighted by Crippen LogP contribution is -2.42. The van der Waals surface area contributed by atoms with Gasteiger partial charge in [0.15, 0.2) is 0 Å². The fraction of sp³-hybridized carbons (Fsp3) is 0.500. The second-order valence-electron chi connectivity index (χ2n) is 10.7. The highest BCUT2D eigenvalue weighted by molar-refractivity contribution is 5.96. The fourth-order valence-corrected chi connectivity index (χ4v) is 5.03. The highest BCUT2D eigenvalue weighted by Gasteiger charge is 2.34. The van der Waals surface area contributed by atoms with Crippen molar-refractivity contribution in [1.29, 1.82) is 0 Å². The van der Waals surface area contributed by atoms with Crippen LogP contribution in [0, 0.1) is 11.8 Å². The van der Waals surface area contributed by atoms with Crippen LogP contribution in [-0.2, 0) is 11.4 Å². The average Bonchev–Trinajstić information content (AvgIpc) is 3.26. The van der Waals surface area contributed by atoms with E-state index in [9.17, 15) is 9.90 Å². The first-order valence-electron chi connectivity index (χ1n) is 13.0. The molecule has 0 unspecified atom stereocenters. The Morgan fingerprint density at radius 2 is 2.00 bits per heavy atom. The number of aliphatic hydroxyl groups excluding tert-OH is 1. The second kappa shape index (κ2) is 13.2. The lowest BCUT2D eigenvalue weighted by molar-refractivity contribution is -0.162. The molecule has 1 aliphatic rings. The third kappa shape index (κ3) is 7.65. The number of nitrogens with zero attached hydrogens (tertiary/aromatic N) is 2. The molecule has 1 aliphatic heterocycles. The topological polar surface area (TPSA) is 74.3 Å². The number of rotatable bonds is 12. The molecule has 0 aromatic heterocycles. The summed E-state index contributed by atoms with van der Waals surface area (Å²) < 4.78 is 5.87. The van der Waals surface area contributed by atoms with Crippen LogP contribution in [0.2, 0.25) is 0 Å². The van der Waals surface area contributed by atoms with E-state index in [1.165, 1.54) is 0 Å². The minimum Gasteiger partial charge on any atom is -0.496 e. The van der Waals surface area contributed by atoms with Crippen LogP contribution in [0.5, 0.6) is 5.75 Å². The van der Waals surface area contributed by atoms with Gasteiger partial charge in [0.1, 0.15) is 11.9 Å². The normalized spacial score (nSPS) is 18.8. The number of nitrogens with one attached hydrogen (secondary N) is 1. The summed E-state index contributed by atoms with van der Waals surface area (Å²) in [5, 5.41) is 14.8. The van der Waals surface area contributed by atoms with Gasteiger partial charge in [-0.3, -0.25) is 9.63 Å². The highest BCUT2D eigenvalue weighted by Crippen LogP contribution is 2.36. The van der Waals surface area contributed by atoms with Gasteiger partial charge in [-0.05, 0) is 51.1 Å². The molecule has 37 heavy (non-hydrogen) atoms. The van der Waals surface area contributed by atoms with E-state index in [0.29, 0.717) is 24.6 Å². The summed E-state index contributed by atoms with van der Waals surface area (Å²) in [6.07, 6.45) is 0.635. The number of carbonyl (C=O) groups excluding carboxylic acids is 1. The number of ether oxygens (including phenoxy) is 1. The van der Waals surface area contributed by atoms with E-state index in [1.54, 1.807) is 7.11 Å². The molecule has 3 rings (SSSR count). The monoisotopic (exact) mass is 509 g/mol. The molecule has 1 fully saturated rings. The standard InChI is InChI=1S/C30H43N3O4/c1-20(2)14-25(17-32(5)6)31-30(35)23-11-8-10-22(15-23)26-13-9-12-24(29(26)36-7)16-33-18-27(21(3)4)28(19-34)37-33/h8-13,15,20,25,27-28,34H,3,14,16-19H2,1-2,4-7H3,(H,31,35)/t25-,27-,28+/m1/s1. The molecular weight excluding hydrogens is 466 g/mol. The van der Waals surface area contributed by atoms with Crippen LogP contribution in [0.3, 0.4) is 0 Å². The first kappa shape index (κ1) is 28.9. The maximum atomic E-state index is 13.2. The summed E-state index contributed by atoms with van der Waals surface area (Å²) in [5.74, 6) is 1.24. The van der Waals surface area contributed by atoms with Crippen LogP contribution < -0.4 is 10.1 Å². The zero-order valence-electron chi connectivity index (χ0n) is 23.2. The van der Waals surface area contributed by atoms with Gasteiger partial charge in [-0.2, -0.15) is 5.06 Å². The number of hydrogen-bond acceptors (Lipinski definition) is 6. The minimum absolute atomic E-state index is 0.0490. The number of amides is 1. The van der Waals surface area contributed by atoms with Gasteiger partial charge in [0, 0.05) is 41.7 Å². The molecular formula is C30H43N3O4. The average molecular weight is 510 g/mol. The number of carbonyl (C=O) groups is 1. The van der Waals surface area contributed by atoms with Crippen molar-refractivity contribution in [3.63, 3.8) is 0 Å². The van der Waals surface area contributed by atoms with E-state index in [0.717, 1.165) is 41.0 Å². The summed E-state index contributed by atoms with van der Waals surface area (Å²) in [6.45, 7) is 12.3. The van der Waals surface area contributed by atoms with Gasteiger partial charge >= 0.3 is 0 Å². The number of hydrogen-bond donors (Lipinski definition) is 2. The van der Waals surface area contributed by atoms with Gasteiger partial charge in [0.05, 0.1) is 20.3 Å². The van der Waals surface area contributed by atoms with Crippen molar-refractivity contribution in [3.8, 4) is 16.9 Å². The molecule has 1 amide bonds. The van der Waals surface area contributed by atoms with Crippen LogP contribution >= 0.6 is 0 Å². The Labute approximate surface area is 222 Å². The number of aliphatic hydroxyl groups is 1. The van der Waals surface area contributed by atoms with Crippen molar-refractivity contribution >= 4 is 5.91 Å². The van der Waals surface area contributed by atoms with E-state index >= 15 is 0 Å². The Morgan fingerprint density at radius 3 is 2.59 bits per heavy atom. The minimum atomic E-state index is -0.283. The first-order valence-corrected chi connectivity index (χ1v) is 13.0. The number of benzene rings is 2. The van der Waals surface area contributed by atoms with E-state index in [-0.39, 0.29) is 30.6 Å². The molecule has 7 nitrogen and oxygen atoms in total. The SMILES string of the molecule is C=C(C)[C@H]1CN(Cc2cccc(-c3cccc(C(=O)N[C@H](CC(C)C)CN(C)C)c3)c2OC)O[C@H]1CO. The summed E-state index contributed by atoms with van der Waals surface area (Å²) >= 11 is 0. The zero-order valence-corrected chi connectivity index (χ0v) is 23.2. The molecule has 7 heteroatoms. The lowest BCUT2D eigenvalue weighted by Gasteiger charge is -2.24. The molecule has 0 radical (unpaired) electrons. The Bertz CT molecular complexity index is 1060. The van der Waals surface area contributed by atoms with Crippen molar-refractivity contribution in [1.82, 2.24) is 15.3 Å². The molecule has 3 atom stereocenters. The fourth-order valence-electron chi connectivity index (χ4n) is 5.03. The van der Waals surface area contributed by atoms with Gasteiger partial charge < -0.3 is 20.1 Å². The van der Waals surface area contributed by atoms with Crippen LogP contribution in [-0.4, -0.2) is 74.0 Å². The van der Waals surface area contributed by atoms with Crippen molar-refractivity contribution in [2.75, 3.05) is 40.9 Å². The Hall–Kier alpha value is -2.71. The Kier molecular flexibility index (Phi) is 10.3. The third-order valence-electron chi connectivity index (χ3n) is 6.71. The molecule has 0 aliphatic carbocycles. The quantitative estimate of drug-likeness (QED) is 0.414. The zero-order chi connectivity index (χ0) is 27.1. The predicted octanol–water partition coefficient (Wildman–Crippen LogP) is 4.37. The number of hydroxylamine groups is 2. The van der Waals surface area contributed by atoms with Gasteiger partial charge in [-0.25, -0.2) is 0 Å². The third-order valence-corrected chi connectivity index (χ3v) is 6.71. The molecule has 2 N–H and O–H groups in total. The molecule has 1 heterocycles. The summed E-state index contributed by atoms with van der Waals surface area (Å²) in [7, 11) is 5.71. The van der Waals surface area contributed by atoms with Crippen molar-refractivity contribution in [2.24, 2.45) is 11.8 Å². The highest BCUT2D eigenvalue weighted by atomic mass is 16.7. The van der Waals surface area contributed by atoms with Crippen molar-refractivity contribution in [2.45, 2.75) is 45.9 Å². The van der Waals surface area contributed by atoms with E-state index in [1.807, 2.05) is 68.5 Å². The molecule has 1 saturated heterocycles. The smallest absolute Gasteiger partial charge is 0.251 e. The maximum absolute atomic E-state index is 13.2. The summed E-state index contributed by atoms with van der Waals surface area (Å²) in [6, 6.07) is 13.8. The van der Waals surface area contributed by atoms with Crippen molar-refractivity contribution in [3.05, 3.63) is 65.7 Å². The summed E-state index contributed by atoms with van der Waals surface area (Å²) in [5.41, 5.74) is 4.41. The largest absolute Gasteiger partial charge is 0.496 e. The van der Waals surface area contributed by atoms with Gasteiger partial charge in [0.2, 0.25) is 0 Å². The predicted molar refractivity (Wildman–Crippen MR) is 148 cm³/mol. The number of likely N-dealkylation sites (N-methyl/N-ethyl adjacent to an activating group) is 1. The van der Waals surface area contributed by atoms with Gasteiger partial charge in [-0.1, -0.05) is 56.3 Å². The second-order valence-corrected chi connectivity index (χ2v) is 10.7. The lowest BCUT2D eigenvalue weighted by atomic mass is 9.96. The Balaban J connectivity index is 1.82. The maximum Gasteiger partial charge on any atom is 0.251 e. The molecule has 2 aromatic rings. The van der Waals surface area contributed by atoms with E-state index < -0.39 is 0 Å². The van der Waals surface area contributed by atoms with Gasteiger partial charge in [0.25, 0.3) is 5.91 Å². The van der Waals surface area contributed by atoms with Crippen LogP contribution in [0.1, 0.15) is 43.1 Å². The summed E-state index contributed by atoms with van der Waals surface area (Å²) in [4.78, 5) is 21.3. The van der Waals surface area contributed by atoms with Crippen LogP contribution in [0.4, 0.5) is 0 Å². The molecule has 0 spiro atoms. The van der Waals surface area contributed by atoms with Crippen LogP contribution in [0.15, 0.2) is 54.6 Å². The molecule has 0 saturated carbocycles. The first-order chi connectivity index (χ1) is 17.6.